The van der Waals surface area contributed by atoms with E-state index < -0.39 is 0 Å². The third-order valence-electron chi connectivity index (χ3n) is 3.79. The number of piperidine rings is 1. The Morgan fingerprint density at radius 1 is 1.33 bits per heavy atom. The van der Waals surface area contributed by atoms with Crippen LogP contribution < -0.4 is 10.6 Å². The van der Waals surface area contributed by atoms with Crippen LogP contribution in [0.15, 0.2) is 17.0 Å². The van der Waals surface area contributed by atoms with Crippen LogP contribution in [0.25, 0.3) is 0 Å². The lowest BCUT2D eigenvalue weighted by molar-refractivity contribution is 0.301. The van der Waals surface area contributed by atoms with E-state index in [-0.39, 0.29) is 0 Å². The minimum Gasteiger partial charge on any atom is -0.363 e. The van der Waals surface area contributed by atoms with Crippen molar-refractivity contribution in [3.8, 4) is 0 Å². The Morgan fingerprint density at radius 3 is 2.95 bits per heavy atom. The molecule has 0 aromatic carbocycles. The molecule has 7 heteroatoms. The summed E-state index contributed by atoms with van der Waals surface area (Å²) in [5.74, 6) is 1.42. The van der Waals surface area contributed by atoms with Gasteiger partial charge >= 0.3 is 0 Å². The van der Waals surface area contributed by atoms with Crippen LogP contribution in [-0.4, -0.2) is 33.4 Å². The molecule has 0 aliphatic carbocycles. The summed E-state index contributed by atoms with van der Waals surface area (Å²) in [6.07, 6.45) is 7.14. The molecule has 2 aromatic rings. The summed E-state index contributed by atoms with van der Waals surface area (Å²) in [5.41, 5.74) is 2.62. The molecule has 21 heavy (non-hydrogen) atoms. The topological polar surface area (TPSA) is 88.8 Å². The molecule has 1 atom stereocenters. The fourth-order valence-corrected chi connectivity index (χ4v) is 2.53. The fraction of sp³-hybridized carbons (Fsp3) is 0.571. The lowest BCUT2D eigenvalue weighted by Crippen LogP contribution is -2.31. The van der Waals surface area contributed by atoms with E-state index in [0.29, 0.717) is 12.5 Å². The second-order valence-electron chi connectivity index (χ2n) is 5.46. The minimum absolute atomic E-state index is 0.538. The van der Waals surface area contributed by atoms with Crippen molar-refractivity contribution < 1.29 is 4.63 Å². The summed E-state index contributed by atoms with van der Waals surface area (Å²) >= 11 is 0. The van der Waals surface area contributed by atoms with Crippen LogP contribution in [0, 0.1) is 12.8 Å². The Hall–Kier alpha value is -2.02. The quantitative estimate of drug-likeness (QED) is 0.857. The van der Waals surface area contributed by atoms with Crippen molar-refractivity contribution in [2.75, 3.05) is 18.4 Å². The highest BCUT2D eigenvalue weighted by molar-refractivity contribution is 5.32. The van der Waals surface area contributed by atoms with Gasteiger partial charge < -0.3 is 10.6 Å². The Kier molecular flexibility index (Phi) is 4.40. The standard InChI is InChI=1S/C14H20N6O/c1-10-13(20-21-19-10)8-18-14-9-16-12(7-17-14)5-11-3-2-4-15-6-11/h7,9,11,15H,2-6,8H2,1H3,(H,17,18)/t11-/m0/s1. The van der Waals surface area contributed by atoms with Gasteiger partial charge in [0, 0.05) is 0 Å². The molecule has 0 saturated carbocycles. The molecule has 0 spiro atoms. The first-order chi connectivity index (χ1) is 10.3. The van der Waals surface area contributed by atoms with E-state index in [1.54, 1.807) is 6.20 Å². The van der Waals surface area contributed by atoms with Crippen LogP contribution in [0.2, 0.25) is 0 Å². The molecule has 2 aromatic heterocycles. The lowest BCUT2D eigenvalue weighted by atomic mass is 9.95. The van der Waals surface area contributed by atoms with Crippen LogP contribution in [-0.2, 0) is 13.0 Å². The number of hydrogen-bond donors (Lipinski definition) is 2. The highest BCUT2D eigenvalue weighted by Gasteiger charge is 2.14. The number of rotatable bonds is 5. The number of aromatic nitrogens is 4. The van der Waals surface area contributed by atoms with Crippen molar-refractivity contribution in [2.45, 2.75) is 32.7 Å². The zero-order chi connectivity index (χ0) is 14.5. The average Bonchev–Trinajstić information content (AvgIpc) is 2.93. The van der Waals surface area contributed by atoms with E-state index in [1.165, 1.54) is 12.8 Å². The van der Waals surface area contributed by atoms with Gasteiger partial charge in [-0.25, -0.2) is 9.61 Å². The summed E-state index contributed by atoms with van der Waals surface area (Å²) in [6.45, 7) is 4.62. The summed E-state index contributed by atoms with van der Waals surface area (Å²) in [6, 6.07) is 0. The summed E-state index contributed by atoms with van der Waals surface area (Å²) in [7, 11) is 0. The van der Waals surface area contributed by atoms with Gasteiger partial charge in [-0.15, -0.1) is 0 Å². The Balaban J connectivity index is 1.52. The third-order valence-corrected chi connectivity index (χ3v) is 3.79. The first-order valence-electron chi connectivity index (χ1n) is 7.35. The first-order valence-corrected chi connectivity index (χ1v) is 7.35. The molecule has 0 amide bonds. The van der Waals surface area contributed by atoms with Gasteiger partial charge in [0.1, 0.15) is 17.2 Å². The maximum absolute atomic E-state index is 4.66. The molecule has 3 rings (SSSR count). The Morgan fingerprint density at radius 2 is 2.29 bits per heavy atom. The first kappa shape index (κ1) is 13.9. The van der Waals surface area contributed by atoms with Gasteiger partial charge in [-0.2, -0.15) is 0 Å². The van der Waals surface area contributed by atoms with Crippen molar-refractivity contribution >= 4 is 5.82 Å². The number of hydrogen-bond acceptors (Lipinski definition) is 7. The number of nitrogens with one attached hydrogen (secondary N) is 2. The molecule has 1 saturated heterocycles. The van der Waals surface area contributed by atoms with E-state index in [2.05, 4.69) is 35.5 Å². The number of aryl methyl sites for hydroxylation is 1. The monoisotopic (exact) mass is 288 g/mol. The molecular formula is C14H20N6O. The van der Waals surface area contributed by atoms with Crippen LogP contribution in [0.4, 0.5) is 5.82 Å². The molecule has 0 radical (unpaired) electrons. The highest BCUT2D eigenvalue weighted by Crippen LogP contribution is 2.15. The predicted octanol–water partition coefficient (Wildman–Crippen LogP) is 1.32. The molecule has 7 nitrogen and oxygen atoms in total. The van der Waals surface area contributed by atoms with Gasteiger partial charge in [-0.3, -0.25) is 4.98 Å². The summed E-state index contributed by atoms with van der Waals surface area (Å²) < 4.78 is 4.66. The van der Waals surface area contributed by atoms with E-state index in [1.807, 2.05) is 13.1 Å². The normalized spacial score (nSPS) is 18.6. The van der Waals surface area contributed by atoms with Crippen LogP contribution >= 0.6 is 0 Å². The van der Waals surface area contributed by atoms with Crippen molar-refractivity contribution in [1.29, 1.82) is 0 Å². The third kappa shape index (κ3) is 3.75. The molecular weight excluding hydrogens is 268 g/mol. The number of anilines is 1. The van der Waals surface area contributed by atoms with E-state index in [4.69, 9.17) is 0 Å². The summed E-state index contributed by atoms with van der Waals surface area (Å²) in [5, 5.41) is 14.2. The van der Waals surface area contributed by atoms with Gasteiger partial charge in [0.05, 0.1) is 24.6 Å². The van der Waals surface area contributed by atoms with E-state index in [0.717, 1.165) is 42.4 Å². The van der Waals surface area contributed by atoms with Gasteiger partial charge in [-0.1, -0.05) is 10.3 Å². The Labute approximate surface area is 123 Å². The largest absolute Gasteiger partial charge is 0.363 e. The van der Waals surface area contributed by atoms with Crippen LogP contribution in [0.5, 0.6) is 0 Å². The van der Waals surface area contributed by atoms with Crippen molar-refractivity contribution in [3.63, 3.8) is 0 Å². The van der Waals surface area contributed by atoms with Crippen molar-refractivity contribution in [2.24, 2.45) is 5.92 Å². The van der Waals surface area contributed by atoms with Gasteiger partial charge in [0.25, 0.3) is 0 Å². The average molecular weight is 288 g/mol. The molecule has 112 valence electrons. The van der Waals surface area contributed by atoms with E-state index >= 15 is 0 Å². The van der Waals surface area contributed by atoms with Crippen molar-refractivity contribution in [3.05, 3.63) is 29.5 Å². The molecule has 1 aliphatic rings. The summed E-state index contributed by atoms with van der Waals surface area (Å²) in [4.78, 5) is 8.88. The second kappa shape index (κ2) is 6.62. The maximum atomic E-state index is 4.66. The number of nitrogens with zero attached hydrogens (tertiary/aromatic N) is 4. The molecule has 0 bridgehead atoms. The zero-order valence-corrected chi connectivity index (χ0v) is 12.2. The lowest BCUT2D eigenvalue weighted by Gasteiger charge is -2.22. The van der Waals surface area contributed by atoms with Gasteiger partial charge in [0.15, 0.2) is 0 Å². The molecule has 1 aliphatic heterocycles. The second-order valence-corrected chi connectivity index (χ2v) is 5.46. The smallest absolute Gasteiger partial charge is 0.144 e. The molecule has 0 unspecified atom stereocenters. The molecule has 2 N–H and O–H groups in total. The van der Waals surface area contributed by atoms with E-state index in [9.17, 15) is 0 Å². The van der Waals surface area contributed by atoms with Crippen molar-refractivity contribution in [1.82, 2.24) is 25.6 Å². The fourth-order valence-electron chi connectivity index (χ4n) is 2.53. The zero-order valence-electron chi connectivity index (χ0n) is 12.2. The van der Waals surface area contributed by atoms with Gasteiger partial charge in [-0.05, 0) is 45.2 Å². The minimum atomic E-state index is 0.538. The van der Waals surface area contributed by atoms with Gasteiger partial charge in [0.2, 0.25) is 0 Å². The molecule has 3 heterocycles. The Bertz CT molecular complexity index is 561. The van der Waals surface area contributed by atoms with Crippen LogP contribution in [0.1, 0.15) is 29.9 Å². The predicted molar refractivity (Wildman–Crippen MR) is 77.7 cm³/mol. The maximum Gasteiger partial charge on any atom is 0.144 e. The van der Waals surface area contributed by atoms with Crippen LogP contribution in [0.3, 0.4) is 0 Å². The molecule has 1 fully saturated rings. The SMILES string of the molecule is Cc1nonc1CNc1cnc(C[C@@H]2CCCNC2)cn1. The highest BCUT2D eigenvalue weighted by atomic mass is 16.6.